The van der Waals surface area contributed by atoms with Crippen molar-refractivity contribution in [3.8, 4) is 0 Å². The minimum Gasteiger partial charge on any atom is -0.481 e. The van der Waals surface area contributed by atoms with Crippen LogP contribution in [-0.4, -0.2) is 23.3 Å². The van der Waals surface area contributed by atoms with Gasteiger partial charge in [-0.3, -0.25) is 4.79 Å². The minimum absolute atomic E-state index is 0.0389. The maximum absolute atomic E-state index is 11.1. The van der Waals surface area contributed by atoms with Crippen LogP contribution in [0.4, 0.5) is 0 Å². The minimum atomic E-state index is -0.667. The molecule has 0 amide bonds. The lowest BCUT2D eigenvalue weighted by Crippen LogP contribution is -2.42. The first-order valence-electron chi connectivity index (χ1n) is 6.75. The monoisotopic (exact) mass is 242 g/mol. The summed E-state index contributed by atoms with van der Waals surface area (Å²) in [5.74, 6) is -0.667. The van der Waals surface area contributed by atoms with Gasteiger partial charge in [0.25, 0.3) is 0 Å². The van der Waals surface area contributed by atoms with E-state index in [0.29, 0.717) is 13.0 Å². The van der Waals surface area contributed by atoms with Crippen molar-refractivity contribution in [2.75, 3.05) is 6.61 Å². The molecule has 0 spiro atoms. The molecule has 0 aromatic carbocycles. The molecule has 0 aromatic rings. The predicted molar refractivity (Wildman–Crippen MR) is 68.1 cm³/mol. The van der Waals surface area contributed by atoms with Crippen molar-refractivity contribution in [2.45, 2.75) is 71.3 Å². The Balaban J connectivity index is 2.67. The molecule has 0 radical (unpaired) electrons. The molecule has 1 rings (SSSR count). The van der Waals surface area contributed by atoms with Crippen LogP contribution < -0.4 is 0 Å². The van der Waals surface area contributed by atoms with E-state index in [1.807, 2.05) is 0 Å². The molecule has 1 aliphatic heterocycles. The lowest BCUT2D eigenvalue weighted by atomic mass is 9.69. The van der Waals surface area contributed by atoms with Crippen molar-refractivity contribution in [3.05, 3.63) is 0 Å². The van der Waals surface area contributed by atoms with Crippen molar-refractivity contribution < 1.29 is 14.6 Å². The Kier molecular flexibility index (Phi) is 4.99. The fourth-order valence-corrected chi connectivity index (χ4v) is 3.11. The van der Waals surface area contributed by atoms with Gasteiger partial charge in [0.2, 0.25) is 0 Å². The molecule has 0 saturated carbocycles. The van der Waals surface area contributed by atoms with Gasteiger partial charge < -0.3 is 9.84 Å². The van der Waals surface area contributed by atoms with Gasteiger partial charge in [0.1, 0.15) is 0 Å². The molecule has 1 atom stereocenters. The van der Waals surface area contributed by atoms with Crippen molar-refractivity contribution in [2.24, 2.45) is 5.41 Å². The van der Waals surface area contributed by atoms with E-state index in [1.54, 1.807) is 0 Å². The third-order valence-corrected chi connectivity index (χ3v) is 3.76. The van der Waals surface area contributed by atoms with Gasteiger partial charge in [-0.25, -0.2) is 0 Å². The van der Waals surface area contributed by atoms with E-state index < -0.39 is 5.97 Å². The molecular weight excluding hydrogens is 216 g/mol. The molecule has 1 saturated heterocycles. The van der Waals surface area contributed by atoms with Gasteiger partial charge in [0, 0.05) is 6.61 Å². The Labute approximate surface area is 105 Å². The number of carboxylic acid groups (broad SMARTS) is 1. The zero-order valence-corrected chi connectivity index (χ0v) is 11.4. The number of hydrogen-bond donors (Lipinski definition) is 1. The predicted octanol–water partition coefficient (Wildman–Crippen LogP) is 3.62. The summed E-state index contributed by atoms with van der Waals surface area (Å²) in [6.45, 7) is 7.02. The van der Waals surface area contributed by atoms with E-state index in [0.717, 1.165) is 25.7 Å². The molecule has 1 aliphatic rings. The van der Waals surface area contributed by atoms with Gasteiger partial charge in [-0.2, -0.15) is 0 Å². The van der Waals surface area contributed by atoms with Gasteiger partial charge in [0.05, 0.1) is 12.0 Å². The van der Waals surface area contributed by atoms with Crippen molar-refractivity contribution in [1.29, 1.82) is 0 Å². The summed E-state index contributed by atoms with van der Waals surface area (Å²) in [5.41, 5.74) is -0.206. The first kappa shape index (κ1) is 14.5. The highest BCUT2D eigenvalue weighted by atomic mass is 16.5. The van der Waals surface area contributed by atoms with E-state index in [1.165, 1.54) is 12.8 Å². The van der Waals surface area contributed by atoms with Crippen LogP contribution in [0.25, 0.3) is 0 Å². The van der Waals surface area contributed by atoms with Crippen LogP contribution in [0.1, 0.15) is 65.7 Å². The molecule has 1 heterocycles. The highest BCUT2D eigenvalue weighted by Gasteiger charge is 2.41. The SMILES string of the molecule is CCCCCC1(CC(=O)O)CCOC(C)(C)C1. The standard InChI is InChI=1S/C14H26O3/c1-4-5-6-7-14(10-12(15)16)8-9-17-13(2,3)11-14/h4-11H2,1-3H3,(H,15,16). The summed E-state index contributed by atoms with van der Waals surface area (Å²) in [6, 6.07) is 0. The quantitative estimate of drug-likeness (QED) is 0.724. The molecule has 3 nitrogen and oxygen atoms in total. The van der Waals surface area contributed by atoms with Crippen molar-refractivity contribution in [1.82, 2.24) is 0 Å². The van der Waals surface area contributed by atoms with Gasteiger partial charge in [-0.15, -0.1) is 0 Å². The summed E-state index contributed by atoms with van der Waals surface area (Å²) < 4.78 is 5.72. The van der Waals surface area contributed by atoms with Crippen LogP contribution in [0, 0.1) is 5.41 Å². The van der Waals surface area contributed by atoms with E-state index >= 15 is 0 Å². The lowest BCUT2D eigenvalue weighted by molar-refractivity contribution is -0.148. The number of aliphatic carboxylic acids is 1. The number of hydrogen-bond acceptors (Lipinski definition) is 2. The van der Waals surface area contributed by atoms with Crippen LogP contribution in [0.2, 0.25) is 0 Å². The summed E-state index contributed by atoms with van der Waals surface area (Å²) in [4.78, 5) is 11.1. The van der Waals surface area contributed by atoms with Crippen LogP contribution in [-0.2, 0) is 9.53 Å². The average Bonchev–Trinajstić information content (AvgIpc) is 2.14. The fourth-order valence-electron chi connectivity index (χ4n) is 3.11. The van der Waals surface area contributed by atoms with Gasteiger partial charge >= 0.3 is 5.97 Å². The molecule has 1 N–H and O–H groups in total. The van der Waals surface area contributed by atoms with Crippen LogP contribution in [0.5, 0.6) is 0 Å². The summed E-state index contributed by atoms with van der Waals surface area (Å²) in [7, 11) is 0. The Morgan fingerprint density at radius 3 is 2.59 bits per heavy atom. The Hall–Kier alpha value is -0.570. The molecule has 0 bridgehead atoms. The first-order chi connectivity index (χ1) is 7.89. The maximum atomic E-state index is 11.1. The fraction of sp³-hybridized carbons (Fsp3) is 0.929. The largest absolute Gasteiger partial charge is 0.481 e. The maximum Gasteiger partial charge on any atom is 0.303 e. The molecule has 100 valence electrons. The molecule has 17 heavy (non-hydrogen) atoms. The lowest BCUT2D eigenvalue weighted by Gasteiger charge is -2.44. The number of rotatable bonds is 6. The number of carbonyl (C=O) groups is 1. The third-order valence-electron chi connectivity index (χ3n) is 3.76. The second-order valence-corrected chi connectivity index (χ2v) is 6.06. The third kappa shape index (κ3) is 4.66. The van der Waals surface area contributed by atoms with Crippen molar-refractivity contribution in [3.63, 3.8) is 0 Å². The summed E-state index contributed by atoms with van der Waals surface area (Å²) in [6.07, 6.45) is 6.61. The zero-order valence-electron chi connectivity index (χ0n) is 11.4. The molecule has 1 unspecified atom stereocenters. The average molecular weight is 242 g/mol. The molecule has 0 aromatic heterocycles. The van der Waals surface area contributed by atoms with E-state index in [2.05, 4.69) is 20.8 Å². The second-order valence-electron chi connectivity index (χ2n) is 6.06. The smallest absolute Gasteiger partial charge is 0.303 e. The topological polar surface area (TPSA) is 46.5 Å². The number of unbranched alkanes of at least 4 members (excludes halogenated alkanes) is 2. The number of carboxylic acids is 1. The van der Waals surface area contributed by atoms with Gasteiger partial charge in [0.15, 0.2) is 0 Å². The van der Waals surface area contributed by atoms with Gasteiger partial charge in [-0.1, -0.05) is 26.2 Å². The number of ether oxygens (including phenoxy) is 1. The first-order valence-corrected chi connectivity index (χ1v) is 6.75. The highest BCUT2D eigenvalue weighted by molar-refractivity contribution is 5.67. The molecule has 3 heteroatoms. The summed E-state index contributed by atoms with van der Waals surface area (Å²) >= 11 is 0. The van der Waals surface area contributed by atoms with Crippen LogP contribution in [0.15, 0.2) is 0 Å². The van der Waals surface area contributed by atoms with Crippen molar-refractivity contribution >= 4 is 5.97 Å². The highest BCUT2D eigenvalue weighted by Crippen LogP contribution is 2.45. The molecule has 1 fully saturated rings. The van der Waals surface area contributed by atoms with E-state index in [-0.39, 0.29) is 11.0 Å². The van der Waals surface area contributed by atoms with E-state index in [9.17, 15) is 4.79 Å². The second kappa shape index (κ2) is 5.85. The summed E-state index contributed by atoms with van der Waals surface area (Å²) in [5, 5.41) is 9.12. The van der Waals surface area contributed by atoms with Gasteiger partial charge in [-0.05, 0) is 38.5 Å². The molecule has 0 aliphatic carbocycles. The van der Waals surface area contributed by atoms with E-state index in [4.69, 9.17) is 9.84 Å². The normalized spacial score (nSPS) is 27.9. The Morgan fingerprint density at radius 2 is 2.06 bits per heavy atom. The Bertz CT molecular complexity index is 260. The zero-order chi connectivity index (χ0) is 12.9. The Morgan fingerprint density at radius 1 is 1.35 bits per heavy atom. The molecular formula is C14H26O3. The van der Waals surface area contributed by atoms with Crippen LogP contribution >= 0.6 is 0 Å². The van der Waals surface area contributed by atoms with Crippen LogP contribution in [0.3, 0.4) is 0 Å².